The number of halogens is 1. The van der Waals surface area contributed by atoms with Crippen LogP contribution in [0.4, 0.5) is 0 Å². The second-order valence-corrected chi connectivity index (χ2v) is 7.03. The Hall–Kier alpha value is -0.810. The van der Waals surface area contributed by atoms with Crippen LogP contribution in [0, 0.1) is 5.92 Å². The molecule has 4 nitrogen and oxygen atoms in total. The quantitative estimate of drug-likeness (QED) is 0.746. The average Bonchev–Trinajstić information content (AvgIpc) is 3.20. The van der Waals surface area contributed by atoms with Crippen molar-refractivity contribution in [2.75, 3.05) is 20.3 Å². The number of hydrogen-bond donors (Lipinski definition) is 0. The Bertz CT molecular complexity index is 494. The number of rotatable bonds is 7. The molecule has 1 aliphatic carbocycles. The van der Waals surface area contributed by atoms with Crippen LogP contribution in [-0.2, 0) is 4.74 Å². The summed E-state index contributed by atoms with van der Waals surface area (Å²) in [5.74, 6) is 0.752. The molecule has 1 fully saturated rings. The summed E-state index contributed by atoms with van der Waals surface area (Å²) in [5, 5.41) is 0. The molecule has 1 aromatic rings. The molecule has 1 aliphatic rings. The van der Waals surface area contributed by atoms with E-state index in [0.717, 1.165) is 10.2 Å². The summed E-state index contributed by atoms with van der Waals surface area (Å²) in [6.07, 6.45) is 4.44. The van der Waals surface area contributed by atoms with Gasteiger partial charge in [0.05, 0.1) is 6.61 Å². The maximum atomic E-state index is 13.0. The van der Waals surface area contributed by atoms with Crippen LogP contribution in [0.25, 0.3) is 0 Å². The Kier molecular flexibility index (Phi) is 5.49. The molecule has 1 saturated carbocycles. The highest BCUT2D eigenvalue weighted by Crippen LogP contribution is 2.36. The number of carbonyl (C=O) groups excluding carboxylic acids is 1. The fourth-order valence-electron chi connectivity index (χ4n) is 2.70. The molecule has 0 aromatic carbocycles. The zero-order valence-electron chi connectivity index (χ0n) is 13.3. The van der Waals surface area contributed by atoms with Crippen LogP contribution in [0.1, 0.15) is 50.1 Å². The average molecular weight is 357 g/mol. The van der Waals surface area contributed by atoms with Crippen LogP contribution in [-0.4, -0.2) is 41.7 Å². The molecular formula is C16H25BrN2O2. The summed E-state index contributed by atoms with van der Waals surface area (Å²) in [7, 11) is 1.68. The van der Waals surface area contributed by atoms with E-state index in [2.05, 4.69) is 36.7 Å². The van der Waals surface area contributed by atoms with E-state index in [0.29, 0.717) is 19.1 Å². The van der Waals surface area contributed by atoms with Crippen molar-refractivity contribution in [3.8, 4) is 0 Å². The van der Waals surface area contributed by atoms with Crippen molar-refractivity contribution < 1.29 is 9.53 Å². The van der Waals surface area contributed by atoms with Gasteiger partial charge < -0.3 is 14.2 Å². The van der Waals surface area contributed by atoms with Gasteiger partial charge in [0, 0.05) is 36.4 Å². The SMILES string of the molecule is COCCN(C(=O)c1cc(Br)cn1C(C)C)C(C)C1CC1. The highest BCUT2D eigenvalue weighted by Gasteiger charge is 2.35. The van der Waals surface area contributed by atoms with Crippen molar-refractivity contribution in [2.45, 2.75) is 45.7 Å². The molecule has 5 heteroatoms. The Balaban J connectivity index is 2.24. The Morgan fingerprint density at radius 3 is 2.67 bits per heavy atom. The molecule has 2 rings (SSSR count). The zero-order valence-corrected chi connectivity index (χ0v) is 14.9. The predicted octanol–water partition coefficient (Wildman–Crippen LogP) is 3.72. The fourth-order valence-corrected chi connectivity index (χ4v) is 3.14. The number of methoxy groups -OCH3 is 1. The molecule has 21 heavy (non-hydrogen) atoms. The van der Waals surface area contributed by atoms with Gasteiger partial charge in [0.2, 0.25) is 0 Å². The van der Waals surface area contributed by atoms with Crippen molar-refractivity contribution in [3.05, 3.63) is 22.4 Å². The van der Waals surface area contributed by atoms with Crippen molar-refractivity contribution in [3.63, 3.8) is 0 Å². The standard InChI is InChI=1S/C16H25BrN2O2/c1-11(2)19-10-14(17)9-15(19)16(20)18(7-8-21-4)12(3)13-5-6-13/h9-13H,5-8H2,1-4H3. The first-order valence-corrected chi connectivity index (χ1v) is 8.42. The molecule has 0 aliphatic heterocycles. The van der Waals surface area contributed by atoms with Crippen LogP contribution < -0.4 is 0 Å². The van der Waals surface area contributed by atoms with E-state index in [9.17, 15) is 4.79 Å². The van der Waals surface area contributed by atoms with Gasteiger partial charge in [-0.2, -0.15) is 0 Å². The highest BCUT2D eigenvalue weighted by molar-refractivity contribution is 9.10. The van der Waals surface area contributed by atoms with E-state index in [1.807, 2.05) is 21.7 Å². The van der Waals surface area contributed by atoms with Gasteiger partial charge in [-0.25, -0.2) is 0 Å². The number of aromatic nitrogens is 1. The van der Waals surface area contributed by atoms with Crippen molar-refractivity contribution >= 4 is 21.8 Å². The highest BCUT2D eigenvalue weighted by atomic mass is 79.9. The molecule has 1 heterocycles. The van der Waals surface area contributed by atoms with Crippen LogP contribution >= 0.6 is 15.9 Å². The van der Waals surface area contributed by atoms with Gasteiger partial charge in [-0.3, -0.25) is 4.79 Å². The first kappa shape index (κ1) is 16.6. The summed E-state index contributed by atoms with van der Waals surface area (Å²) < 4.78 is 8.16. The monoisotopic (exact) mass is 356 g/mol. The van der Waals surface area contributed by atoms with E-state index in [1.165, 1.54) is 12.8 Å². The molecule has 1 aromatic heterocycles. The summed E-state index contributed by atoms with van der Waals surface area (Å²) in [6, 6.07) is 2.46. The van der Waals surface area contributed by atoms with E-state index in [-0.39, 0.29) is 18.0 Å². The topological polar surface area (TPSA) is 34.5 Å². The second-order valence-electron chi connectivity index (χ2n) is 6.11. The minimum absolute atomic E-state index is 0.103. The van der Waals surface area contributed by atoms with E-state index in [1.54, 1.807) is 7.11 Å². The normalized spacial score (nSPS) is 16.3. The first-order chi connectivity index (χ1) is 9.95. The number of hydrogen-bond acceptors (Lipinski definition) is 2. The lowest BCUT2D eigenvalue weighted by Crippen LogP contribution is -2.42. The molecule has 0 saturated heterocycles. The Morgan fingerprint density at radius 1 is 1.48 bits per heavy atom. The van der Waals surface area contributed by atoms with Gasteiger partial charge in [0.15, 0.2) is 0 Å². The minimum Gasteiger partial charge on any atom is -0.383 e. The van der Waals surface area contributed by atoms with Crippen LogP contribution in [0.15, 0.2) is 16.7 Å². The van der Waals surface area contributed by atoms with Crippen molar-refractivity contribution in [2.24, 2.45) is 5.92 Å². The lowest BCUT2D eigenvalue weighted by Gasteiger charge is -2.30. The summed E-state index contributed by atoms with van der Waals surface area (Å²) >= 11 is 3.48. The lowest BCUT2D eigenvalue weighted by atomic mass is 10.1. The van der Waals surface area contributed by atoms with E-state index < -0.39 is 0 Å². The number of ether oxygens (including phenoxy) is 1. The second kappa shape index (κ2) is 6.97. The van der Waals surface area contributed by atoms with Gasteiger partial charge in [-0.15, -0.1) is 0 Å². The minimum atomic E-state index is 0.103. The van der Waals surface area contributed by atoms with Crippen LogP contribution in [0.5, 0.6) is 0 Å². The van der Waals surface area contributed by atoms with Gasteiger partial charge in [0.1, 0.15) is 5.69 Å². The van der Waals surface area contributed by atoms with Gasteiger partial charge >= 0.3 is 0 Å². The van der Waals surface area contributed by atoms with Crippen molar-refractivity contribution in [1.29, 1.82) is 0 Å². The number of nitrogens with zero attached hydrogens (tertiary/aromatic N) is 2. The maximum Gasteiger partial charge on any atom is 0.270 e. The molecule has 118 valence electrons. The maximum absolute atomic E-state index is 13.0. The Morgan fingerprint density at radius 2 is 2.14 bits per heavy atom. The molecule has 1 atom stereocenters. The number of carbonyl (C=O) groups is 1. The van der Waals surface area contributed by atoms with Gasteiger partial charge in [-0.1, -0.05) is 0 Å². The fraction of sp³-hybridized carbons (Fsp3) is 0.688. The summed E-state index contributed by atoms with van der Waals surface area (Å²) in [4.78, 5) is 15.0. The molecule has 0 N–H and O–H groups in total. The van der Waals surface area contributed by atoms with Crippen LogP contribution in [0.2, 0.25) is 0 Å². The molecule has 0 bridgehead atoms. The Labute approximate surface area is 135 Å². The predicted molar refractivity (Wildman–Crippen MR) is 87.6 cm³/mol. The van der Waals surface area contributed by atoms with Gasteiger partial charge in [0.25, 0.3) is 5.91 Å². The summed E-state index contributed by atoms with van der Waals surface area (Å²) in [5.41, 5.74) is 0.750. The first-order valence-electron chi connectivity index (χ1n) is 7.63. The molecule has 1 amide bonds. The largest absolute Gasteiger partial charge is 0.383 e. The zero-order chi connectivity index (χ0) is 15.6. The van der Waals surface area contributed by atoms with Crippen molar-refractivity contribution in [1.82, 2.24) is 9.47 Å². The van der Waals surface area contributed by atoms with E-state index in [4.69, 9.17) is 4.74 Å². The third-order valence-corrected chi connectivity index (χ3v) is 4.62. The number of amides is 1. The smallest absolute Gasteiger partial charge is 0.270 e. The molecule has 0 radical (unpaired) electrons. The van der Waals surface area contributed by atoms with Crippen LogP contribution in [0.3, 0.4) is 0 Å². The lowest BCUT2D eigenvalue weighted by molar-refractivity contribution is 0.0582. The third-order valence-electron chi connectivity index (χ3n) is 4.18. The molecule has 1 unspecified atom stereocenters. The van der Waals surface area contributed by atoms with E-state index >= 15 is 0 Å². The molecule has 0 spiro atoms. The van der Waals surface area contributed by atoms with Gasteiger partial charge in [-0.05, 0) is 61.5 Å². The summed E-state index contributed by atoms with van der Waals surface area (Å²) in [6.45, 7) is 7.56. The molecular weight excluding hydrogens is 332 g/mol. The third kappa shape index (κ3) is 3.89.